The molecule has 0 saturated heterocycles. The summed E-state index contributed by atoms with van der Waals surface area (Å²) in [6, 6.07) is 9.75. The molecule has 146 valence electrons. The molecule has 1 atom stereocenters. The molecule has 0 radical (unpaired) electrons. The summed E-state index contributed by atoms with van der Waals surface area (Å²) >= 11 is 0. The molecule has 4 amide bonds. The van der Waals surface area contributed by atoms with Gasteiger partial charge in [0, 0.05) is 24.3 Å². The number of fused-ring (bicyclic) bond motifs is 1. The van der Waals surface area contributed by atoms with E-state index in [-0.39, 0.29) is 11.8 Å². The third-order valence-corrected chi connectivity index (χ3v) is 4.63. The minimum Gasteiger partial charge on any atom is -0.368 e. The van der Waals surface area contributed by atoms with Crippen molar-refractivity contribution in [1.29, 1.82) is 0 Å². The summed E-state index contributed by atoms with van der Waals surface area (Å²) in [5, 5.41) is 5.32. The zero-order chi connectivity index (χ0) is 20.3. The maximum Gasteiger partial charge on any atom is 0.322 e. The summed E-state index contributed by atoms with van der Waals surface area (Å²) in [5.74, 6) is -1.33. The maximum absolute atomic E-state index is 13.3. The molecule has 2 aromatic carbocycles. The second-order valence-electron chi connectivity index (χ2n) is 6.61. The fourth-order valence-electron chi connectivity index (χ4n) is 3.03. The van der Waals surface area contributed by atoms with Crippen molar-refractivity contribution < 1.29 is 18.8 Å². The molecule has 1 heterocycles. The lowest BCUT2D eigenvalue weighted by Gasteiger charge is -2.17. The summed E-state index contributed by atoms with van der Waals surface area (Å²) in [6.45, 7) is 2.50. The van der Waals surface area contributed by atoms with Crippen molar-refractivity contribution in [3.8, 4) is 0 Å². The Bertz CT molecular complexity index is 914. The first kappa shape index (κ1) is 19.3. The molecule has 7 nitrogen and oxygen atoms in total. The van der Waals surface area contributed by atoms with Crippen molar-refractivity contribution in [3.63, 3.8) is 0 Å². The average Bonchev–Trinajstić information content (AvgIpc) is 3.09. The molecule has 1 aliphatic rings. The van der Waals surface area contributed by atoms with Crippen molar-refractivity contribution in [2.45, 2.75) is 32.5 Å². The van der Waals surface area contributed by atoms with E-state index in [4.69, 9.17) is 5.73 Å². The molecule has 28 heavy (non-hydrogen) atoms. The predicted molar refractivity (Wildman–Crippen MR) is 102 cm³/mol. The molecule has 2 aromatic rings. The Morgan fingerprint density at radius 3 is 2.43 bits per heavy atom. The molecule has 0 spiro atoms. The molecule has 4 N–H and O–H groups in total. The van der Waals surface area contributed by atoms with Gasteiger partial charge in [0.15, 0.2) is 0 Å². The van der Waals surface area contributed by atoms with Crippen LogP contribution in [0.2, 0.25) is 0 Å². The largest absolute Gasteiger partial charge is 0.368 e. The topological polar surface area (TPSA) is 105 Å². The van der Waals surface area contributed by atoms with Crippen LogP contribution in [0.1, 0.15) is 34.8 Å². The number of hydrogen-bond donors (Lipinski definition) is 3. The van der Waals surface area contributed by atoms with Gasteiger partial charge in [0.05, 0.1) is 0 Å². The van der Waals surface area contributed by atoms with E-state index in [1.54, 1.807) is 42.2 Å². The lowest BCUT2D eigenvalue weighted by Crippen LogP contribution is -2.43. The number of nitrogens with two attached hydrogens (primary N) is 1. The van der Waals surface area contributed by atoms with Crippen molar-refractivity contribution in [1.82, 2.24) is 10.2 Å². The summed E-state index contributed by atoms with van der Waals surface area (Å²) in [5.41, 5.74) is 7.81. The van der Waals surface area contributed by atoms with Gasteiger partial charge in [0.1, 0.15) is 11.9 Å². The highest BCUT2D eigenvalue weighted by Crippen LogP contribution is 2.24. The van der Waals surface area contributed by atoms with Gasteiger partial charge in [0.25, 0.3) is 5.91 Å². The number of rotatable bonds is 5. The zero-order valence-electron chi connectivity index (χ0n) is 15.4. The van der Waals surface area contributed by atoms with Gasteiger partial charge in [-0.2, -0.15) is 0 Å². The number of hydrogen-bond acceptors (Lipinski definition) is 3. The van der Waals surface area contributed by atoms with E-state index in [1.165, 1.54) is 12.1 Å². The van der Waals surface area contributed by atoms with Crippen LogP contribution in [0.5, 0.6) is 0 Å². The number of amides is 4. The molecule has 1 aliphatic heterocycles. The molecule has 8 heteroatoms. The smallest absolute Gasteiger partial charge is 0.322 e. The SMILES string of the molecule is CC[C@H](NC(=O)c1ccc(NC(=O)N2Cc3ccc(F)cc3C2)cc1)C(N)=O. The molecular weight excluding hydrogens is 363 g/mol. The van der Waals surface area contributed by atoms with Crippen molar-refractivity contribution >= 4 is 23.5 Å². The number of anilines is 1. The number of halogens is 1. The van der Waals surface area contributed by atoms with Crippen molar-refractivity contribution in [3.05, 3.63) is 65.0 Å². The minimum atomic E-state index is -0.728. The number of carbonyl (C=O) groups is 3. The first-order valence-corrected chi connectivity index (χ1v) is 8.91. The summed E-state index contributed by atoms with van der Waals surface area (Å²) in [4.78, 5) is 37.4. The molecule has 0 unspecified atom stereocenters. The van der Waals surface area contributed by atoms with Crippen LogP contribution in [0.15, 0.2) is 42.5 Å². The van der Waals surface area contributed by atoms with Crippen LogP contribution in [-0.2, 0) is 17.9 Å². The molecule has 0 aliphatic carbocycles. The molecular formula is C20H21FN4O3. The number of primary amides is 1. The van der Waals surface area contributed by atoms with Gasteiger partial charge in [-0.3, -0.25) is 9.59 Å². The number of nitrogens with zero attached hydrogens (tertiary/aromatic N) is 1. The third kappa shape index (κ3) is 4.28. The van der Waals surface area contributed by atoms with E-state index in [9.17, 15) is 18.8 Å². The first-order chi connectivity index (χ1) is 13.4. The standard InChI is InChI=1S/C20H21FN4O3/c1-2-17(18(22)26)24-19(27)12-4-7-16(8-5-12)23-20(28)25-10-13-3-6-15(21)9-14(13)11-25/h3-9,17H,2,10-11H2,1H3,(H2,22,26)(H,23,28)(H,24,27)/t17-/m0/s1. The highest BCUT2D eigenvalue weighted by atomic mass is 19.1. The van der Waals surface area contributed by atoms with Crippen LogP contribution >= 0.6 is 0 Å². The first-order valence-electron chi connectivity index (χ1n) is 8.91. The second kappa shape index (κ2) is 8.08. The normalized spacial score (nSPS) is 13.6. The predicted octanol–water partition coefficient (Wildman–Crippen LogP) is 2.37. The van der Waals surface area contributed by atoms with E-state index in [0.717, 1.165) is 11.1 Å². The Morgan fingerprint density at radius 2 is 1.79 bits per heavy atom. The number of carbonyl (C=O) groups excluding carboxylic acids is 3. The second-order valence-corrected chi connectivity index (χ2v) is 6.61. The van der Waals surface area contributed by atoms with E-state index >= 15 is 0 Å². The van der Waals surface area contributed by atoms with Gasteiger partial charge in [-0.05, 0) is 53.9 Å². The van der Waals surface area contributed by atoms with Gasteiger partial charge in [-0.15, -0.1) is 0 Å². The average molecular weight is 384 g/mol. The summed E-state index contributed by atoms with van der Waals surface area (Å²) in [7, 11) is 0. The quantitative estimate of drug-likeness (QED) is 0.737. The highest BCUT2D eigenvalue weighted by Gasteiger charge is 2.24. The van der Waals surface area contributed by atoms with E-state index in [1.807, 2.05) is 0 Å². The van der Waals surface area contributed by atoms with Gasteiger partial charge in [0.2, 0.25) is 5.91 Å². The lowest BCUT2D eigenvalue weighted by atomic mass is 10.1. The minimum absolute atomic E-state index is 0.311. The molecule has 0 saturated carbocycles. The molecule has 3 rings (SSSR count). The molecule has 0 bridgehead atoms. The number of benzene rings is 2. The van der Waals surface area contributed by atoms with Crippen molar-refractivity contribution in [2.75, 3.05) is 5.32 Å². The van der Waals surface area contributed by atoms with Crippen LogP contribution < -0.4 is 16.4 Å². The number of nitrogens with one attached hydrogen (secondary N) is 2. The Balaban J connectivity index is 1.59. The molecule has 0 aromatic heterocycles. The van der Waals surface area contributed by atoms with Gasteiger partial charge in [-0.25, -0.2) is 9.18 Å². The molecule has 0 fully saturated rings. The van der Waals surface area contributed by atoms with E-state index < -0.39 is 17.9 Å². The van der Waals surface area contributed by atoms with Crippen LogP contribution in [0.4, 0.5) is 14.9 Å². The van der Waals surface area contributed by atoms with Gasteiger partial charge < -0.3 is 21.3 Å². The maximum atomic E-state index is 13.3. The van der Waals surface area contributed by atoms with Gasteiger partial charge in [-0.1, -0.05) is 13.0 Å². The summed E-state index contributed by atoms with van der Waals surface area (Å²) in [6.07, 6.45) is 0.400. The van der Waals surface area contributed by atoms with Crippen LogP contribution in [-0.4, -0.2) is 28.8 Å². The van der Waals surface area contributed by atoms with Crippen LogP contribution in [0, 0.1) is 5.82 Å². The lowest BCUT2D eigenvalue weighted by molar-refractivity contribution is -0.119. The zero-order valence-corrected chi connectivity index (χ0v) is 15.4. The van der Waals surface area contributed by atoms with E-state index in [0.29, 0.717) is 30.8 Å². The third-order valence-electron chi connectivity index (χ3n) is 4.63. The van der Waals surface area contributed by atoms with Crippen LogP contribution in [0.25, 0.3) is 0 Å². The Kier molecular flexibility index (Phi) is 5.58. The Labute approximate surface area is 161 Å². The number of urea groups is 1. The van der Waals surface area contributed by atoms with Crippen molar-refractivity contribution in [2.24, 2.45) is 5.73 Å². The Hall–Kier alpha value is -3.42. The van der Waals surface area contributed by atoms with E-state index in [2.05, 4.69) is 10.6 Å². The van der Waals surface area contributed by atoms with Gasteiger partial charge >= 0.3 is 6.03 Å². The summed E-state index contributed by atoms with van der Waals surface area (Å²) < 4.78 is 13.3. The monoisotopic (exact) mass is 384 g/mol. The fraction of sp³-hybridized carbons (Fsp3) is 0.250. The fourth-order valence-corrected chi connectivity index (χ4v) is 3.03. The Morgan fingerprint density at radius 1 is 1.11 bits per heavy atom. The van der Waals surface area contributed by atoms with Crippen LogP contribution in [0.3, 0.4) is 0 Å². The highest BCUT2D eigenvalue weighted by molar-refractivity contribution is 5.98.